The Labute approximate surface area is 167 Å². The lowest BCUT2D eigenvalue weighted by Gasteiger charge is -2.07. The van der Waals surface area contributed by atoms with Crippen molar-refractivity contribution in [1.82, 2.24) is 35.7 Å². The van der Waals surface area contributed by atoms with Crippen LogP contribution in [0, 0.1) is 6.92 Å². The molecule has 0 unspecified atom stereocenters. The van der Waals surface area contributed by atoms with E-state index in [0.29, 0.717) is 23.5 Å². The third kappa shape index (κ3) is 3.67. The summed E-state index contributed by atoms with van der Waals surface area (Å²) in [5, 5.41) is 7.49. The van der Waals surface area contributed by atoms with E-state index in [-0.39, 0.29) is 5.91 Å². The fourth-order valence-corrected chi connectivity index (χ4v) is 3.22. The van der Waals surface area contributed by atoms with Gasteiger partial charge in [0, 0.05) is 48.3 Å². The molecule has 0 fully saturated rings. The average Bonchev–Trinajstić information content (AvgIpc) is 3.27. The summed E-state index contributed by atoms with van der Waals surface area (Å²) in [7, 11) is 0. The number of hydrazone groups is 1. The van der Waals surface area contributed by atoms with Crippen molar-refractivity contribution in [3.8, 4) is 11.3 Å². The van der Waals surface area contributed by atoms with E-state index < -0.39 is 0 Å². The molecular weight excluding hydrogens is 368 g/mol. The molecule has 9 nitrogen and oxygen atoms in total. The summed E-state index contributed by atoms with van der Waals surface area (Å²) >= 11 is 0. The van der Waals surface area contributed by atoms with Gasteiger partial charge in [0.05, 0.1) is 23.7 Å². The van der Waals surface area contributed by atoms with E-state index in [0.717, 1.165) is 34.8 Å². The minimum absolute atomic E-state index is 0.295. The molecule has 1 aliphatic rings. The molecule has 0 aromatic carbocycles. The Hall–Kier alpha value is -3.72. The first kappa shape index (κ1) is 18.6. The summed E-state index contributed by atoms with van der Waals surface area (Å²) in [6, 6.07) is 0. The van der Waals surface area contributed by atoms with Crippen molar-refractivity contribution in [3.63, 3.8) is 0 Å². The number of H-pyrrole nitrogens is 1. The van der Waals surface area contributed by atoms with Crippen LogP contribution in [0.15, 0.2) is 47.9 Å². The number of carbonyl (C=O) groups is 1. The molecular formula is C20H20N8O. The Morgan fingerprint density at radius 1 is 1.07 bits per heavy atom. The Bertz CT molecular complexity index is 1090. The second-order valence-corrected chi connectivity index (χ2v) is 6.44. The second-order valence-electron chi connectivity index (χ2n) is 6.44. The van der Waals surface area contributed by atoms with E-state index in [2.05, 4.69) is 47.7 Å². The van der Waals surface area contributed by atoms with Gasteiger partial charge in [0.15, 0.2) is 0 Å². The molecule has 0 radical (unpaired) electrons. The molecule has 4 heterocycles. The quantitative estimate of drug-likeness (QED) is 0.552. The van der Waals surface area contributed by atoms with Crippen molar-refractivity contribution in [3.05, 3.63) is 65.4 Å². The van der Waals surface area contributed by atoms with Crippen LogP contribution in [-0.4, -0.2) is 43.1 Å². The van der Waals surface area contributed by atoms with E-state index in [1.807, 2.05) is 6.92 Å². The van der Waals surface area contributed by atoms with E-state index in [1.165, 1.54) is 0 Å². The number of hydrogen-bond acceptors (Lipinski definition) is 7. The van der Waals surface area contributed by atoms with Crippen LogP contribution in [0.3, 0.4) is 0 Å². The van der Waals surface area contributed by atoms with Gasteiger partial charge in [-0.05, 0) is 25.1 Å². The van der Waals surface area contributed by atoms with Crippen LogP contribution in [0.25, 0.3) is 17.3 Å². The minimum atomic E-state index is -0.295. The Kier molecular flexibility index (Phi) is 5.21. The third-order valence-electron chi connectivity index (χ3n) is 4.58. The molecule has 0 aliphatic carbocycles. The molecule has 146 valence electrons. The number of rotatable bonds is 6. The van der Waals surface area contributed by atoms with Crippen LogP contribution < -0.4 is 10.7 Å². The number of nitrogens with one attached hydrogen (secondary N) is 3. The molecule has 4 rings (SSSR count). The van der Waals surface area contributed by atoms with Crippen LogP contribution in [0.4, 0.5) is 0 Å². The average molecular weight is 388 g/mol. The number of carbonyl (C=O) groups excluding carboxylic acids is 1. The lowest BCUT2D eigenvalue weighted by Crippen LogP contribution is -2.14. The molecule has 1 aliphatic heterocycles. The minimum Gasteiger partial charge on any atom is -0.358 e. The maximum absolute atomic E-state index is 12.5. The van der Waals surface area contributed by atoms with Gasteiger partial charge < -0.3 is 10.3 Å². The first-order valence-corrected chi connectivity index (χ1v) is 9.24. The first-order valence-electron chi connectivity index (χ1n) is 9.24. The van der Waals surface area contributed by atoms with Gasteiger partial charge >= 0.3 is 0 Å². The topological polar surface area (TPSA) is 121 Å². The zero-order valence-electron chi connectivity index (χ0n) is 16.1. The fraction of sp³-hybridized carbons (Fsp3) is 0.200. The van der Waals surface area contributed by atoms with Crippen molar-refractivity contribution in [2.45, 2.75) is 20.4 Å². The number of hydrogen-bond donors (Lipinski definition) is 3. The number of aromatic nitrogens is 5. The lowest BCUT2D eigenvalue weighted by molar-refractivity contribution is -0.116. The van der Waals surface area contributed by atoms with Crippen LogP contribution in [0.1, 0.15) is 29.6 Å². The summed E-state index contributed by atoms with van der Waals surface area (Å²) in [6.07, 6.45) is 11.5. The van der Waals surface area contributed by atoms with Crippen LogP contribution in [0.5, 0.6) is 0 Å². The summed E-state index contributed by atoms with van der Waals surface area (Å²) in [5.74, 6) is -0.295. The van der Waals surface area contributed by atoms with Gasteiger partial charge in [-0.15, -0.1) is 0 Å². The summed E-state index contributed by atoms with van der Waals surface area (Å²) in [6.45, 7) is 5.57. The molecule has 0 saturated heterocycles. The summed E-state index contributed by atoms with van der Waals surface area (Å²) in [4.78, 5) is 32.9. The van der Waals surface area contributed by atoms with E-state index in [1.54, 1.807) is 43.3 Å². The van der Waals surface area contributed by atoms with E-state index in [9.17, 15) is 4.79 Å². The van der Waals surface area contributed by atoms with Crippen molar-refractivity contribution in [2.24, 2.45) is 5.10 Å². The predicted octanol–water partition coefficient (Wildman–Crippen LogP) is 1.60. The molecule has 3 aromatic rings. The number of nitrogens with zero attached hydrogens (tertiary/aromatic N) is 5. The zero-order chi connectivity index (χ0) is 20.2. The van der Waals surface area contributed by atoms with Crippen LogP contribution in [0.2, 0.25) is 0 Å². The van der Waals surface area contributed by atoms with E-state index >= 15 is 0 Å². The van der Waals surface area contributed by atoms with Gasteiger partial charge in [0.25, 0.3) is 5.91 Å². The van der Waals surface area contributed by atoms with Gasteiger partial charge in [-0.2, -0.15) is 5.10 Å². The van der Waals surface area contributed by atoms with Crippen molar-refractivity contribution >= 4 is 17.7 Å². The molecule has 1 amide bonds. The molecule has 0 saturated carbocycles. The van der Waals surface area contributed by atoms with Crippen molar-refractivity contribution in [2.75, 3.05) is 6.54 Å². The normalized spacial score (nSPS) is 14.9. The van der Waals surface area contributed by atoms with Gasteiger partial charge in [0.2, 0.25) is 0 Å². The highest BCUT2D eigenvalue weighted by Gasteiger charge is 2.27. The fourth-order valence-electron chi connectivity index (χ4n) is 3.22. The number of aryl methyl sites for hydroxylation is 1. The van der Waals surface area contributed by atoms with Gasteiger partial charge in [0.1, 0.15) is 11.4 Å². The Morgan fingerprint density at radius 3 is 2.45 bits per heavy atom. The maximum atomic E-state index is 12.5. The smallest absolute Gasteiger partial charge is 0.273 e. The predicted molar refractivity (Wildman–Crippen MR) is 109 cm³/mol. The number of aromatic amines is 1. The molecule has 0 spiro atoms. The maximum Gasteiger partial charge on any atom is 0.273 e. The standard InChI is InChI=1S/C20H20N8O/c1-3-21-9-14-12(2)26-15(18(14)16-10-22-4-6-24-16)8-13-19(27-28-20(13)29)17-11-23-5-7-25-17/h4-8,10-11,21,26H,3,9H2,1-2H3,(H,28,29). The third-order valence-corrected chi connectivity index (χ3v) is 4.58. The Morgan fingerprint density at radius 2 is 1.79 bits per heavy atom. The summed E-state index contributed by atoms with van der Waals surface area (Å²) < 4.78 is 0. The number of amides is 1. The highest BCUT2D eigenvalue weighted by atomic mass is 16.2. The highest BCUT2D eigenvalue weighted by molar-refractivity contribution is 6.32. The van der Waals surface area contributed by atoms with Crippen LogP contribution >= 0.6 is 0 Å². The highest BCUT2D eigenvalue weighted by Crippen LogP contribution is 2.31. The molecule has 0 bridgehead atoms. The molecule has 3 N–H and O–H groups in total. The largest absolute Gasteiger partial charge is 0.358 e. The lowest BCUT2D eigenvalue weighted by atomic mass is 10.0. The Balaban J connectivity index is 1.84. The van der Waals surface area contributed by atoms with Gasteiger partial charge in [-0.1, -0.05) is 6.92 Å². The second kappa shape index (κ2) is 8.11. The SMILES string of the molecule is CCNCc1c(C)[nH]c(C=C2C(=O)NN=C2c2cnccn2)c1-c1cnccn1. The molecule has 0 atom stereocenters. The van der Waals surface area contributed by atoms with E-state index in [4.69, 9.17) is 0 Å². The molecule has 29 heavy (non-hydrogen) atoms. The van der Waals surface area contributed by atoms with Crippen LogP contribution in [-0.2, 0) is 11.3 Å². The summed E-state index contributed by atoms with van der Waals surface area (Å²) in [5.41, 5.74) is 8.37. The first-order chi connectivity index (χ1) is 14.2. The monoisotopic (exact) mass is 388 g/mol. The van der Waals surface area contributed by atoms with Crippen molar-refractivity contribution in [1.29, 1.82) is 0 Å². The van der Waals surface area contributed by atoms with Gasteiger partial charge in [-0.3, -0.25) is 24.7 Å². The molecule has 9 heteroatoms. The molecule has 3 aromatic heterocycles. The van der Waals surface area contributed by atoms with Crippen molar-refractivity contribution < 1.29 is 4.79 Å². The zero-order valence-corrected chi connectivity index (χ0v) is 16.1. The van der Waals surface area contributed by atoms with Gasteiger partial charge in [-0.25, -0.2) is 5.43 Å².